The maximum Gasteiger partial charge on any atom is 0.341 e. The molecule has 1 fully saturated rings. The van der Waals surface area contributed by atoms with Gasteiger partial charge in [-0.15, -0.1) is 0 Å². The van der Waals surface area contributed by atoms with Gasteiger partial charge in [-0.3, -0.25) is 14.5 Å². The highest BCUT2D eigenvalue weighted by atomic mass is 19.1. The number of pyridine rings is 2. The summed E-state index contributed by atoms with van der Waals surface area (Å²) in [6.45, 7) is 10.3. The lowest BCUT2D eigenvalue weighted by Crippen LogP contribution is -2.47. The molecule has 10 heteroatoms. The highest BCUT2D eigenvalue weighted by Gasteiger charge is 2.22. The Labute approximate surface area is 255 Å². The molecular formula is C34H40FN5O4. The Balaban J connectivity index is 1.13. The first kappa shape index (κ1) is 31.0. The molecular weight excluding hydrogens is 561 g/mol. The lowest BCUT2D eigenvalue weighted by Gasteiger charge is -2.36. The molecule has 2 aromatic heterocycles. The van der Waals surface area contributed by atoms with E-state index in [1.54, 1.807) is 10.6 Å². The number of anilines is 3. The predicted molar refractivity (Wildman–Crippen MR) is 173 cm³/mol. The number of nitrogens with one attached hydrogen (secondary N) is 2. The molecule has 44 heavy (non-hydrogen) atoms. The van der Waals surface area contributed by atoms with Gasteiger partial charge in [0.05, 0.1) is 11.2 Å². The van der Waals surface area contributed by atoms with Crippen LogP contribution >= 0.6 is 0 Å². The van der Waals surface area contributed by atoms with E-state index in [-0.39, 0.29) is 16.5 Å². The van der Waals surface area contributed by atoms with E-state index < -0.39 is 17.2 Å². The minimum atomic E-state index is -1.32. The summed E-state index contributed by atoms with van der Waals surface area (Å²) >= 11 is 0. The second-order valence-electron chi connectivity index (χ2n) is 11.4. The van der Waals surface area contributed by atoms with Gasteiger partial charge >= 0.3 is 5.97 Å². The predicted octanol–water partition coefficient (Wildman–Crippen LogP) is 5.31. The molecule has 1 saturated heterocycles. The van der Waals surface area contributed by atoms with E-state index in [1.807, 2.05) is 30.0 Å². The molecule has 0 aliphatic carbocycles. The highest BCUT2D eigenvalue weighted by Crippen LogP contribution is 2.26. The van der Waals surface area contributed by atoms with Gasteiger partial charge < -0.3 is 24.9 Å². The van der Waals surface area contributed by atoms with Gasteiger partial charge in [0.2, 0.25) is 5.43 Å². The average Bonchev–Trinajstić information content (AvgIpc) is 3.01. The molecule has 1 aliphatic heterocycles. The molecule has 0 amide bonds. The van der Waals surface area contributed by atoms with Crippen LogP contribution in [0.5, 0.6) is 0 Å². The number of aromatic carboxylic acids is 1. The summed E-state index contributed by atoms with van der Waals surface area (Å²) in [7, 11) is 0. The van der Waals surface area contributed by atoms with E-state index >= 15 is 4.39 Å². The number of benzene rings is 2. The zero-order valence-corrected chi connectivity index (χ0v) is 25.6. The number of carboxylic acid groups (broad SMARTS) is 1. The number of aromatic amines is 1. The minimum absolute atomic E-state index is 0.0727. The third-order valence-corrected chi connectivity index (χ3v) is 8.60. The largest absolute Gasteiger partial charge is 0.477 e. The number of rotatable bonds is 11. The van der Waals surface area contributed by atoms with Crippen LogP contribution in [0.4, 0.5) is 21.6 Å². The van der Waals surface area contributed by atoms with E-state index in [9.17, 15) is 19.5 Å². The summed E-state index contributed by atoms with van der Waals surface area (Å²) in [4.78, 5) is 44.2. The molecule has 0 bridgehead atoms. The molecule has 2 aromatic carbocycles. The van der Waals surface area contributed by atoms with Gasteiger partial charge in [0, 0.05) is 55.6 Å². The standard InChI is InChI=1S/C34H40FN5O4/c1-4-23-18-25(11-9-22(23)3)36-31-12-10-24(33(42)37-31)8-6-7-13-38-14-16-40(17-15-38)30-20-29-26(19-28(30)35)32(41)27(34(43)44)21-39(29)5-2/h9-12,18-21H,4-8,13-17H2,1-3H3,(H,43,44)(H2,36,37,42). The van der Waals surface area contributed by atoms with Crippen molar-refractivity contribution in [1.82, 2.24) is 14.5 Å². The highest BCUT2D eigenvalue weighted by molar-refractivity contribution is 5.93. The molecule has 1 aliphatic rings. The Bertz CT molecular complexity index is 1790. The van der Waals surface area contributed by atoms with Crippen molar-refractivity contribution in [3.05, 3.63) is 97.3 Å². The van der Waals surface area contributed by atoms with Crippen LogP contribution in [-0.2, 0) is 19.4 Å². The molecule has 0 saturated carbocycles. The van der Waals surface area contributed by atoms with Gasteiger partial charge in [-0.1, -0.05) is 13.0 Å². The van der Waals surface area contributed by atoms with Crippen molar-refractivity contribution in [2.45, 2.75) is 53.0 Å². The first-order chi connectivity index (χ1) is 21.2. The zero-order valence-electron chi connectivity index (χ0n) is 25.6. The Hall–Kier alpha value is -4.44. The van der Waals surface area contributed by atoms with Gasteiger partial charge in [0.25, 0.3) is 5.56 Å². The van der Waals surface area contributed by atoms with Crippen LogP contribution in [0.15, 0.2) is 58.3 Å². The smallest absolute Gasteiger partial charge is 0.341 e. The number of carboxylic acids is 1. The van der Waals surface area contributed by atoms with Crippen molar-refractivity contribution in [3.8, 4) is 0 Å². The number of carbonyl (C=O) groups is 1. The molecule has 4 aromatic rings. The number of piperazine rings is 1. The van der Waals surface area contributed by atoms with Crippen molar-refractivity contribution < 1.29 is 14.3 Å². The molecule has 0 spiro atoms. The average molecular weight is 602 g/mol. The normalized spacial score (nSPS) is 13.9. The van der Waals surface area contributed by atoms with E-state index in [0.29, 0.717) is 43.1 Å². The van der Waals surface area contributed by atoms with Crippen LogP contribution in [0.1, 0.15) is 53.7 Å². The Morgan fingerprint density at radius 3 is 2.45 bits per heavy atom. The van der Waals surface area contributed by atoms with Gasteiger partial charge in [0.15, 0.2) is 0 Å². The Kier molecular flexibility index (Phi) is 9.49. The van der Waals surface area contributed by atoms with Crippen LogP contribution in [0.2, 0.25) is 0 Å². The van der Waals surface area contributed by atoms with Crippen LogP contribution in [0.3, 0.4) is 0 Å². The topological polar surface area (TPSA) is 111 Å². The van der Waals surface area contributed by atoms with Crippen LogP contribution in [0, 0.1) is 12.7 Å². The SMILES string of the molecule is CCc1cc(Nc2ccc(CCCCN3CCN(c4cc5c(cc4F)c(=O)c(C(=O)O)cn5CC)CC3)c(=O)[nH]2)ccc1C. The van der Waals surface area contributed by atoms with Crippen molar-refractivity contribution in [1.29, 1.82) is 0 Å². The molecule has 0 radical (unpaired) electrons. The molecule has 9 nitrogen and oxygen atoms in total. The molecule has 0 unspecified atom stereocenters. The summed E-state index contributed by atoms with van der Waals surface area (Å²) < 4.78 is 16.9. The van der Waals surface area contributed by atoms with Gasteiger partial charge in [-0.2, -0.15) is 0 Å². The lowest BCUT2D eigenvalue weighted by molar-refractivity contribution is 0.0695. The number of H-pyrrole nitrogens is 1. The summed E-state index contributed by atoms with van der Waals surface area (Å²) in [5, 5.41) is 12.8. The number of hydrogen-bond donors (Lipinski definition) is 3. The van der Waals surface area contributed by atoms with Gasteiger partial charge in [0.1, 0.15) is 17.2 Å². The van der Waals surface area contributed by atoms with Crippen LogP contribution in [-0.4, -0.2) is 58.3 Å². The van der Waals surface area contributed by atoms with Crippen molar-refractivity contribution in [2.75, 3.05) is 42.9 Å². The van der Waals surface area contributed by atoms with Crippen molar-refractivity contribution in [2.24, 2.45) is 0 Å². The maximum absolute atomic E-state index is 15.2. The zero-order chi connectivity index (χ0) is 31.4. The molecule has 232 valence electrons. The Morgan fingerprint density at radius 2 is 1.77 bits per heavy atom. The number of halogens is 1. The fourth-order valence-corrected chi connectivity index (χ4v) is 5.98. The summed E-state index contributed by atoms with van der Waals surface area (Å²) in [5.41, 5.74) is 4.10. The quantitative estimate of drug-likeness (QED) is 0.200. The lowest BCUT2D eigenvalue weighted by atomic mass is 10.1. The monoisotopic (exact) mass is 601 g/mol. The summed E-state index contributed by atoms with van der Waals surface area (Å²) in [6, 6.07) is 12.9. The second-order valence-corrected chi connectivity index (χ2v) is 11.4. The minimum Gasteiger partial charge on any atom is -0.477 e. The number of unbranched alkanes of at least 4 members (excludes halogenated alkanes) is 1. The van der Waals surface area contributed by atoms with Crippen molar-refractivity contribution >= 4 is 34.1 Å². The van der Waals surface area contributed by atoms with Crippen LogP contribution < -0.4 is 21.2 Å². The second kappa shape index (κ2) is 13.5. The summed E-state index contributed by atoms with van der Waals surface area (Å²) in [5.74, 6) is -1.17. The number of aromatic nitrogens is 2. The molecule has 0 atom stereocenters. The van der Waals surface area contributed by atoms with Gasteiger partial charge in [-0.25, -0.2) is 9.18 Å². The van der Waals surface area contributed by atoms with E-state index in [1.165, 1.54) is 23.4 Å². The first-order valence-corrected chi connectivity index (χ1v) is 15.3. The fraction of sp³-hybridized carbons (Fsp3) is 0.382. The maximum atomic E-state index is 15.2. The molecule has 3 heterocycles. The van der Waals surface area contributed by atoms with E-state index in [4.69, 9.17) is 0 Å². The fourth-order valence-electron chi connectivity index (χ4n) is 5.98. The number of aryl methyl sites for hydroxylation is 4. The number of fused-ring (bicyclic) bond motifs is 1. The first-order valence-electron chi connectivity index (χ1n) is 15.3. The summed E-state index contributed by atoms with van der Waals surface area (Å²) in [6.07, 6.45) is 4.82. The van der Waals surface area contributed by atoms with E-state index in [2.05, 4.69) is 41.2 Å². The van der Waals surface area contributed by atoms with Crippen molar-refractivity contribution in [3.63, 3.8) is 0 Å². The number of hydrogen-bond acceptors (Lipinski definition) is 6. The third kappa shape index (κ3) is 6.70. The van der Waals surface area contributed by atoms with E-state index in [0.717, 1.165) is 50.1 Å². The number of nitrogens with zero attached hydrogens (tertiary/aromatic N) is 3. The van der Waals surface area contributed by atoms with Gasteiger partial charge in [-0.05, 0) is 93.6 Å². The Morgan fingerprint density at radius 1 is 1.00 bits per heavy atom. The van der Waals surface area contributed by atoms with Crippen LogP contribution in [0.25, 0.3) is 10.9 Å². The third-order valence-electron chi connectivity index (χ3n) is 8.60. The molecule has 5 rings (SSSR count). The molecule has 3 N–H and O–H groups in total.